The molecule has 0 bridgehead atoms. The molecular weight excluding hydrogens is 432 g/mol. The predicted molar refractivity (Wildman–Crippen MR) is 93.1 cm³/mol. The summed E-state index contributed by atoms with van der Waals surface area (Å²) in [6.45, 7) is -1.35. The minimum absolute atomic E-state index is 0.296. The van der Waals surface area contributed by atoms with Gasteiger partial charge in [0.15, 0.2) is 12.6 Å². The molecule has 2 aliphatic rings. The van der Waals surface area contributed by atoms with Crippen molar-refractivity contribution in [2.75, 3.05) is 13.2 Å². The van der Waals surface area contributed by atoms with E-state index in [0.717, 1.165) is 0 Å². The topological polar surface area (TPSA) is 264 Å². The van der Waals surface area contributed by atoms with Gasteiger partial charge < -0.3 is 65.3 Å². The maximum atomic E-state index is 9.94. The van der Waals surface area contributed by atoms with Crippen LogP contribution in [0.15, 0.2) is 0 Å². The lowest BCUT2D eigenvalue weighted by atomic mass is 9.97. The zero-order valence-corrected chi connectivity index (χ0v) is 16.1. The highest BCUT2D eigenvalue weighted by molar-refractivity contribution is 5.75. The van der Waals surface area contributed by atoms with Crippen LogP contribution in [-0.2, 0) is 23.8 Å². The highest BCUT2D eigenvalue weighted by Crippen LogP contribution is 2.28. The number of rotatable bonds is 7. The first kappa shape index (κ1) is 27.5. The maximum Gasteiger partial charge on any atom is 0.303 e. The van der Waals surface area contributed by atoms with E-state index in [9.17, 15) is 45.3 Å². The molecule has 0 spiro atoms. The fourth-order valence-corrected chi connectivity index (χ4v) is 2.78. The van der Waals surface area contributed by atoms with Gasteiger partial charge in [0.25, 0.3) is 0 Å². The SMILES string of the molecule is O=C(O)CCC(=O)O.OC[C@H]1O[C@@H](O[C@H]2[C@H](O)[C@@H](O)C(O)O[C@@H]2CO)[C@H](O)[C@@H](O)[C@H]1O. The Morgan fingerprint density at radius 1 is 0.677 bits per heavy atom. The molecule has 2 heterocycles. The molecule has 0 aliphatic carbocycles. The van der Waals surface area contributed by atoms with Crippen molar-refractivity contribution in [2.45, 2.75) is 74.3 Å². The van der Waals surface area contributed by atoms with Crippen molar-refractivity contribution in [1.82, 2.24) is 0 Å². The number of aliphatic hydroxyl groups is 8. The largest absolute Gasteiger partial charge is 0.481 e. The number of carbonyl (C=O) groups is 2. The lowest BCUT2D eigenvalue weighted by Gasteiger charge is -2.45. The summed E-state index contributed by atoms with van der Waals surface area (Å²) in [6.07, 6.45) is -16.2. The summed E-state index contributed by atoms with van der Waals surface area (Å²) in [5.74, 6) is -2.15. The van der Waals surface area contributed by atoms with Crippen molar-refractivity contribution in [1.29, 1.82) is 0 Å². The van der Waals surface area contributed by atoms with Gasteiger partial charge in [-0.1, -0.05) is 0 Å². The molecule has 10 atom stereocenters. The van der Waals surface area contributed by atoms with Gasteiger partial charge in [-0.2, -0.15) is 0 Å². The average molecular weight is 460 g/mol. The average Bonchev–Trinajstić information content (AvgIpc) is 2.72. The van der Waals surface area contributed by atoms with Crippen LogP contribution in [0, 0.1) is 0 Å². The molecule has 1 unspecified atom stereocenters. The molecular formula is C16H28O15. The zero-order chi connectivity index (χ0) is 23.9. The van der Waals surface area contributed by atoms with Crippen LogP contribution in [0.5, 0.6) is 0 Å². The number of hydrogen-bond acceptors (Lipinski definition) is 13. The van der Waals surface area contributed by atoms with Gasteiger partial charge in [-0.15, -0.1) is 0 Å². The summed E-state index contributed by atoms with van der Waals surface area (Å²) >= 11 is 0. The summed E-state index contributed by atoms with van der Waals surface area (Å²) in [5.41, 5.74) is 0. The second kappa shape index (κ2) is 12.5. The number of aliphatic carboxylic acids is 2. The van der Waals surface area contributed by atoms with Crippen LogP contribution in [0.3, 0.4) is 0 Å². The summed E-state index contributed by atoms with van der Waals surface area (Å²) in [6, 6.07) is 0. The third-order valence-electron chi connectivity index (χ3n) is 4.53. The van der Waals surface area contributed by atoms with E-state index in [1.54, 1.807) is 0 Å². The van der Waals surface area contributed by atoms with Gasteiger partial charge in [-0.3, -0.25) is 9.59 Å². The normalized spacial score (nSPS) is 40.5. The monoisotopic (exact) mass is 460 g/mol. The van der Waals surface area contributed by atoms with E-state index in [0.29, 0.717) is 0 Å². The third-order valence-corrected chi connectivity index (χ3v) is 4.53. The Labute approximate surface area is 175 Å². The number of ether oxygens (including phenoxy) is 3. The van der Waals surface area contributed by atoms with E-state index in [1.165, 1.54) is 0 Å². The fraction of sp³-hybridized carbons (Fsp3) is 0.875. The molecule has 0 saturated carbocycles. The molecule has 15 nitrogen and oxygen atoms in total. The van der Waals surface area contributed by atoms with E-state index in [2.05, 4.69) is 0 Å². The van der Waals surface area contributed by atoms with Gasteiger partial charge >= 0.3 is 11.9 Å². The quantitative estimate of drug-likeness (QED) is 0.170. The van der Waals surface area contributed by atoms with Crippen LogP contribution < -0.4 is 0 Å². The third kappa shape index (κ3) is 7.55. The Morgan fingerprint density at radius 3 is 1.65 bits per heavy atom. The van der Waals surface area contributed by atoms with Gasteiger partial charge in [0.05, 0.1) is 26.1 Å². The van der Waals surface area contributed by atoms with Crippen molar-refractivity contribution < 1.29 is 74.9 Å². The molecule has 0 aromatic heterocycles. The molecule has 0 aromatic rings. The Bertz CT molecular complexity index is 555. The zero-order valence-electron chi connectivity index (χ0n) is 16.1. The molecule has 2 saturated heterocycles. The summed E-state index contributed by atoms with van der Waals surface area (Å²) < 4.78 is 15.3. The summed E-state index contributed by atoms with van der Waals surface area (Å²) in [5, 5.41) is 92.3. The number of aliphatic hydroxyl groups excluding tert-OH is 8. The Kier molecular flexibility index (Phi) is 11.1. The molecule has 2 aliphatic heterocycles. The van der Waals surface area contributed by atoms with E-state index in [1.807, 2.05) is 0 Å². The highest BCUT2D eigenvalue weighted by Gasteiger charge is 2.50. The molecule has 10 N–H and O–H groups in total. The van der Waals surface area contributed by atoms with Crippen molar-refractivity contribution in [3.8, 4) is 0 Å². The maximum absolute atomic E-state index is 9.94. The molecule has 0 amide bonds. The standard InChI is InChI=1S/C12H22O11.C4H6O4/c13-1-3-5(15)6(16)9(19)12(22-3)23-10-4(2-14)21-11(20)8(18)7(10)17;5-3(6)1-2-4(7)8/h3-20H,1-2H2;1-2H2,(H,5,6)(H,7,8)/t3-,4-,5+,6+,7-,8-,9-,10-,11?,12+;/m1./s1. The molecule has 2 fully saturated rings. The Balaban J connectivity index is 0.000000512. The predicted octanol–water partition coefficient (Wildman–Crippen LogP) is -5.46. The second-order valence-corrected chi connectivity index (χ2v) is 6.81. The molecule has 15 heteroatoms. The van der Waals surface area contributed by atoms with Gasteiger partial charge in [0.1, 0.15) is 48.8 Å². The number of carboxylic acid groups (broad SMARTS) is 2. The molecule has 0 radical (unpaired) electrons. The fourth-order valence-electron chi connectivity index (χ4n) is 2.78. The number of carboxylic acids is 2. The van der Waals surface area contributed by atoms with Gasteiger partial charge in [-0.25, -0.2) is 0 Å². The second-order valence-electron chi connectivity index (χ2n) is 6.81. The summed E-state index contributed by atoms with van der Waals surface area (Å²) in [4.78, 5) is 19.3. The lowest BCUT2D eigenvalue weighted by molar-refractivity contribution is -0.355. The van der Waals surface area contributed by atoms with Crippen LogP contribution in [0.1, 0.15) is 12.8 Å². The van der Waals surface area contributed by atoms with Crippen molar-refractivity contribution in [3.63, 3.8) is 0 Å². The van der Waals surface area contributed by atoms with Crippen molar-refractivity contribution in [3.05, 3.63) is 0 Å². The van der Waals surface area contributed by atoms with Crippen LogP contribution in [0.2, 0.25) is 0 Å². The van der Waals surface area contributed by atoms with Gasteiger partial charge in [-0.05, 0) is 0 Å². The van der Waals surface area contributed by atoms with Gasteiger partial charge in [0.2, 0.25) is 0 Å². The van der Waals surface area contributed by atoms with E-state index < -0.39 is 86.6 Å². The van der Waals surface area contributed by atoms with Gasteiger partial charge in [0, 0.05) is 0 Å². The highest BCUT2D eigenvalue weighted by atomic mass is 16.7. The van der Waals surface area contributed by atoms with Crippen LogP contribution in [0.25, 0.3) is 0 Å². The summed E-state index contributed by atoms with van der Waals surface area (Å²) in [7, 11) is 0. The van der Waals surface area contributed by atoms with Crippen LogP contribution in [-0.4, -0.2) is 138 Å². The first-order valence-electron chi connectivity index (χ1n) is 9.14. The van der Waals surface area contributed by atoms with Crippen LogP contribution in [0.4, 0.5) is 0 Å². The Hall–Kier alpha value is -1.50. The van der Waals surface area contributed by atoms with Crippen molar-refractivity contribution in [2.24, 2.45) is 0 Å². The van der Waals surface area contributed by atoms with Crippen LogP contribution >= 0.6 is 0 Å². The van der Waals surface area contributed by atoms with E-state index in [-0.39, 0.29) is 12.8 Å². The molecule has 2 rings (SSSR count). The lowest BCUT2D eigenvalue weighted by Crippen LogP contribution is -2.64. The Morgan fingerprint density at radius 2 is 1.19 bits per heavy atom. The minimum atomic E-state index is -1.74. The molecule has 0 aromatic carbocycles. The van der Waals surface area contributed by atoms with Crippen molar-refractivity contribution >= 4 is 11.9 Å². The molecule has 182 valence electrons. The van der Waals surface area contributed by atoms with E-state index in [4.69, 9.17) is 29.5 Å². The first-order valence-corrected chi connectivity index (χ1v) is 9.14. The smallest absolute Gasteiger partial charge is 0.303 e. The molecule has 31 heavy (non-hydrogen) atoms. The van der Waals surface area contributed by atoms with E-state index >= 15 is 0 Å². The number of hydrogen-bond donors (Lipinski definition) is 10. The first-order chi connectivity index (χ1) is 14.4. The minimum Gasteiger partial charge on any atom is -0.481 e.